The molecule has 0 aliphatic heterocycles. The van der Waals surface area contributed by atoms with Crippen molar-refractivity contribution in [2.75, 3.05) is 46.2 Å². The molecule has 0 saturated carbocycles. The lowest BCUT2D eigenvalue weighted by Gasteiger charge is -2.23. The summed E-state index contributed by atoms with van der Waals surface area (Å²) < 4.78 is 5.36. The van der Waals surface area contributed by atoms with Crippen LogP contribution in [0.1, 0.15) is 0 Å². The van der Waals surface area contributed by atoms with Crippen molar-refractivity contribution >= 4 is 28.8 Å². The normalized spacial score (nSPS) is 10.1. The molecule has 0 amide bonds. The molecule has 0 aliphatic carbocycles. The molecule has 0 N–H and O–H groups in total. The SMILES string of the molecule is COc1ccc(N=C=S)cc1N(C)CCN(C)C. The number of methoxy groups -OCH3 is 1. The predicted molar refractivity (Wildman–Crippen MR) is 79.5 cm³/mol. The topological polar surface area (TPSA) is 28.1 Å². The van der Waals surface area contributed by atoms with Gasteiger partial charge < -0.3 is 14.5 Å². The van der Waals surface area contributed by atoms with Crippen LogP contribution >= 0.6 is 12.2 Å². The summed E-state index contributed by atoms with van der Waals surface area (Å²) >= 11 is 4.62. The summed E-state index contributed by atoms with van der Waals surface area (Å²) in [5.74, 6) is 0.833. The summed E-state index contributed by atoms with van der Waals surface area (Å²) in [5.41, 5.74) is 1.79. The highest BCUT2D eigenvalue weighted by Gasteiger charge is 2.09. The Labute approximate surface area is 114 Å². The second kappa shape index (κ2) is 7.11. The Morgan fingerprint density at radius 3 is 2.56 bits per heavy atom. The summed E-state index contributed by atoms with van der Waals surface area (Å²) in [6.45, 7) is 1.88. The predicted octanol–water partition coefficient (Wildman–Crippen LogP) is 2.43. The van der Waals surface area contributed by atoms with Crippen LogP contribution < -0.4 is 9.64 Å². The van der Waals surface area contributed by atoms with E-state index in [1.807, 2.05) is 25.2 Å². The maximum Gasteiger partial charge on any atom is 0.142 e. The molecule has 0 fully saturated rings. The Morgan fingerprint density at radius 2 is 2.00 bits per heavy atom. The van der Waals surface area contributed by atoms with Crippen LogP contribution in [-0.4, -0.2) is 51.4 Å². The fourth-order valence-corrected chi connectivity index (χ4v) is 1.67. The van der Waals surface area contributed by atoms with E-state index in [1.165, 1.54) is 0 Å². The summed E-state index contributed by atoms with van der Waals surface area (Å²) in [7, 11) is 7.81. The maximum absolute atomic E-state index is 5.36. The van der Waals surface area contributed by atoms with Crippen LogP contribution in [0, 0.1) is 0 Å². The van der Waals surface area contributed by atoms with Crippen LogP contribution in [0.15, 0.2) is 23.2 Å². The lowest BCUT2D eigenvalue weighted by molar-refractivity contribution is 0.406. The number of hydrogen-bond acceptors (Lipinski definition) is 5. The smallest absolute Gasteiger partial charge is 0.142 e. The fraction of sp³-hybridized carbons (Fsp3) is 0.462. The van der Waals surface area contributed by atoms with Gasteiger partial charge in [0.05, 0.1) is 23.6 Å². The molecule has 5 heteroatoms. The number of rotatable bonds is 6. The van der Waals surface area contributed by atoms with Gasteiger partial charge in [0.25, 0.3) is 0 Å². The standard InChI is InChI=1S/C13H19N3OS/c1-15(2)7-8-16(3)12-9-11(14-10-18)5-6-13(12)17-4/h5-6,9H,7-8H2,1-4H3. The lowest BCUT2D eigenvalue weighted by Crippen LogP contribution is -2.28. The molecule has 0 aromatic heterocycles. The first-order valence-corrected chi connectivity index (χ1v) is 6.11. The van der Waals surface area contributed by atoms with Gasteiger partial charge in [0, 0.05) is 20.1 Å². The first kappa shape index (κ1) is 14.6. The molecule has 18 heavy (non-hydrogen) atoms. The number of benzene rings is 1. The molecule has 0 spiro atoms. The van der Waals surface area contributed by atoms with E-state index < -0.39 is 0 Å². The Hall–Kier alpha value is -1.42. The van der Waals surface area contributed by atoms with Crippen molar-refractivity contribution in [2.24, 2.45) is 4.99 Å². The van der Waals surface area contributed by atoms with Crippen molar-refractivity contribution in [3.63, 3.8) is 0 Å². The van der Waals surface area contributed by atoms with Crippen LogP contribution in [0.3, 0.4) is 0 Å². The molecule has 1 aromatic carbocycles. The van der Waals surface area contributed by atoms with Gasteiger partial charge in [-0.1, -0.05) is 0 Å². The number of nitrogens with zero attached hydrogens (tertiary/aromatic N) is 3. The average molecular weight is 265 g/mol. The second-order valence-electron chi connectivity index (χ2n) is 4.28. The van der Waals surface area contributed by atoms with Gasteiger partial charge in [-0.25, -0.2) is 0 Å². The number of thiocarbonyl (C=S) groups is 1. The van der Waals surface area contributed by atoms with Gasteiger partial charge in [-0.15, -0.1) is 0 Å². The average Bonchev–Trinajstić information content (AvgIpc) is 2.36. The monoisotopic (exact) mass is 265 g/mol. The zero-order chi connectivity index (χ0) is 13.5. The van der Waals surface area contributed by atoms with Crippen molar-refractivity contribution in [1.82, 2.24) is 4.90 Å². The number of hydrogen-bond donors (Lipinski definition) is 0. The Morgan fingerprint density at radius 1 is 1.28 bits per heavy atom. The zero-order valence-electron chi connectivity index (χ0n) is 11.3. The fourth-order valence-electron chi connectivity index (χ4n) is 1.57. The number of anilines is 1. The molecule has 1 rings (SSSR count). The minimum absolute atomic E-state index is 0.789. The van der Waals surface area contributed by atoms with E-state index in [0.717, 1.165) is 30.2 Å². The molecule has 0 heterocycles. The molecule has 0 bridgehead atoms. The number of aliphatic imine (C=N–C) groups is 1. The van der Waals surface area contributed by atoms with Gasteiger partial charge in [-0.05, 0) is 44.5 Å². The van der Waals surface area contributed by atoms with Crippen molar-refractivity contribution in [3.05, 3.63) is 18.2 Å². The summed E-state index contributed by atoms with van der Waals surface area (Å²) in [6, 6.07) is 5.71. The van der Waals surface area contributed by atoms with Gasteiger partial charge in [-0.2, -0.15) is 4.99 Å². The van der Waals surface area contributed by atoms with Crippen LogP contribution in [0.25, 0.3) is 0 Å². The highest BCUT2D eigenvalue weighted by Crippen LogP contribution is 2.31. The van der Waals surface area contributed by atoms with E-state index in [2.05, 4.69) is 46.3 Å². The highest BCUT2D eigenvalue weighted by atomic mass is 32.1. The number of likely N-dealkylation sites (N-methyl/N-ethyl adjacent to an activating group) is 2. The Kier molecular flexibility index (Phi) is 5.78. The van der Waals surface area contributed by atoms with Crippen LogP contribution in [-0.2, 0) is 0 Å². The van der Waals surface area contributed by atoms with E-state index in [-0.39, 0.29) is 0 Å². The van der Waals surface area contributed by atoms with Crippen LogP contribution in [0.4, 0.5) is 11.4 Å². The molecule has 0 radical (unpaired) electrons. The van der Waals surface area contributed by atoms with Crippen molar-refractivity contribution in [1.29, 1.82) is 0 Å². The third kappa shape index (κ3) is 4.11. The van der Waals surface area contributed by atoms with Gasteiger partial charge in [-0.3, -0.25) is 0 Å². The molecular formula is C13H19N3OS. The molecule has 1 aromatic rings. The summed E-state index contributed by atoms with van der Waals surface area (Å²) in [4.78, 5) is 8.27. The van der Waals surface area contributed by atoms with E-state index in [0.29, 0.717) is 0 Å². The van der Waals surface area contributed by atoms with Crippen LogP contribution in [0.5, 0.6) is 5.75 Å². The zero-order valence-corrected chi connectivity index (χ0v) is 12.1. The molecule has 4 nitrogen and oxygen atoms in total. The largest absolute Gasteiger partial charge is 0.495 e. The van der Waals surface area contributed by atoms with E-state index >= 15 is 0 Å². The molecule has 0 unspecified atom stereocenters. The van der Waals surface area contributed by atoms with Crippen LogP contribution in [0.2, 0.25) is 0 Å². The highest BCUT2D eigenvalue weighted by molar-refractivity contribution is 7.78. The van der Waals surface area contributed by atoms with Crippen molar-refractivity contribution < 1.29 is 4.74 Å². The Bertz CT molecular complexity index is 442. The molecule has 0 saturated heterocycles. The number of ether oxygens (including phenoxy) is 1. The summed E-state index contributed by atoms with van der Waals surface area (Å²) in [5, 5.41) is 2.38. The minimum Gasteiger partial charge on any atom is -0.495 e. The maximum atomic E-state index is 5.36. The lowest BCUT2D eigenvalue weighted by atomic mass is 10.2. The van der Waals surface area contributed by atoms with Gasteiger partial charge >= 0.3 is 0 Å². The second-order valence-corrected chi connectivity index (χ2v) is 4.47. The molecule has 98 valence electrons. The van der Waals surface area contributed by atoms with Gasteiger partial charge in [0.15, 0.2) is 0 Å². The third-order valence-corrected chi connectivity index (χ3v) is 2.72. The van der Waals surface area contributed by atoms with Crippen molar-refractivity contribution in [2.45, 2.75) is 0 Å². The van der Waals surface area contributed by atoms with E-state index in [1.54, 1.807) is 7.11 Å². The van der Waals surface area contributed by atoms with Gasteiger partial charge in [0.2, 0.25) is 0 Å². The first-order chi connectivity index (χ1) is 8.58. The summed E-state index contributed by atoms with van der Waals surface area (Å²) in [6.07, 6.45) is 0. The quantitative estimate of drug-likeness (QED) is 0.583. The van der Waals surface area contributed by atoms with E-state index in [4.69, 9.17) is 4.74 Å². The number of isothiocyanates is 1. The first-order valence-electron chi connectivity index (χ1n) is 5.70. The minimum atomic E-state index is 0.789. The van der Waals surface area contributed by atoms with E-state index in [9.17, 15) is 0 Å². The molecule has 0 aliphatic rings. The van der Waals surface area contributed by atoms with Gasteiger partial charge in [0.1, 0.15) is 5.75 Å². The Balaban J connectivity index is 2.95. The van der Waals surface area contributed by atoms with Crippen molar-refractivity contribution in [3.8, 4) is 5.75 Å². The third-order valence-electron chi connectivity index (χ3n) is 2.63. The molecule has 0 atom stereocenters. The molecular weight excluding hydrogens is 246 g/mol.